The van der Waals surface area contributed by atoms with Crippen LogP contribution in [0.2, 0.25) is 0 Å². The molecule has 0 unspecified atom stereocenters. The number of nitrogens with zero attached hydrogens (tertiary/aromatic N) is 2. The summed E-state index contributed by atoms with van der Waals surface area (Å²) < 4.78 is 0. The highest BCUT2D eigenvalue weighted by Gasteiger charge is 2.75. The van der Waals surface area contributed by atoms with Gasteiger partial charge in [-0.05, 0) is 25.4 Å². The van der Waals surface area contributed by atoms with E-state index in [0.29, 0.717) is 0 Å². The number of aliphatic hydroxyl groups is 2. The van der Waals surface area contributed by atoms with Crippen molar-refractivity contribution in [2.75, 3.05) is 12.5 Å². The Bertz CT molecular complexity index is 793. The van der Waals surface area contributed by atoms with Crippen molar-refractivity contribution < 1.29 is 51.3 Å². The van der Waals surface area contributed by atoms with Crippen LogP contribution in [0, 0.1) is 11.8 Å². The first-order valence-electron chi connectivity index (χ1n) is 10.4. The Kier molecular flexibility index (Phi) is 9.06. The van der Waals surface area contributed by atoms with Crippen molar-refractivity contribution in [1.82, 2.24) is 9.80 Å². The predicted molar refractivity (Wildman–Crippen MR) is 125 cm³/mol. The van der Waals surface area contributed by atoms with Crippen LogP contribution in [-0.2, 0) is 19.2 Å². The second-order valence-electron chi connectivity index (χ2n) is 9.07. The molecule has 196 valence electrons. The zero-order chi connectivity index (χ0) is 21.6. The number of amides is 2. The molecule has 0 aromatic rings. The summed E-state index contributed by atoms with van der Waals surface area (Å²) in [5, 5.41) is 21.5. The number of Topliss-reactive ketones (excluding diaryl/α,β-unsaturated/α-hetero) is 2. The van der Waals surface area contributed by atoms with E-state index in [1.165, 1.54) is 33.3 Å². The number of fused-ring (bicyclic) bond motifs is 6. The molecule has 2 amide bonds. The molecule has 2 saturated carbocycles. The molecular weight excluding hydrogens is 492 g/mol. The van der Waals surface area contributed by atoms with Gasteiger partial charge in [0.2, 0.25) is 0 Å². The van der Waals surface area contributed by atoms with Crippen LogP contribution in [0.3, 0.4) is 0 Å². The maximum Gasteiger partial charge on any atom is 0.261 e. The first-order chi connectivity index (χ1) is 14.2. The van der Waals surface area contributed by atoms with Crippen molar-refractivity contribution in [2.24, 2.45) is 11.8 Å². The lowest BCUT2D eigenvalue weighted by Gasteiger charge is -2.54. The smallest absolute Gasteiger partial charge is 0.261 e. The monoisotopic (exact) mass is 526 g/mol. The molecule has 5 rings (SSSR count). The van der Waals surface area contributed by atoms with E-state index >= 15 is 0 Å². The largest absolute Gasteiger partial charge is 0.412 e. The highest BCUT2D eigenvalue weighted by Crippen LogP contribution is 2.60. The van der Waals surface area contributed by atoms with E-state index in [0.717, 1.165) is 0 Å². The predicted octanol–water partition coefficient (Wildman–Crippen LogP) is -3.30. The second kappa shape index (κ2) is 10.0. The highest BCUT2D eigenvalue weighted by molar-refractivity contribution is 8.01. The number of carbonyl (C=O) groups is 4. The molecule has 2 aliphatic carbocycles. The summed E-state index contributed by atoms with van der Waals surface area (Å²) in [6.07, 6.45) is 3.16. The SMILES string of the molecule is CS[C@@]12C[C@H]3C(=O)CC[C@H](O)[C@H]3N1C(=O)[C@]1(SC)C[C@H]3C(=O)CC[C@H](O)[C@H]3N1C2=O.O.O.O.O. The van der Waals surface area contributed by atoms with Crippen molar-refractivity contribution in [1.29, 1.82) is 0 Å². The lowest BCUT2D eigenvalue weighted by Crippen LogP contribution is -2.75. The first-order valence-corrected chi connectivity index (χ1v) is 12.9. The van der Waals surface area contributed by atoms with Gasteiger partial charge < -0.3 is 41.9 Å². The minimum absolute atomic E-state index is 0. The maximum absolute atomic E-state index is 14.1. The lowest BCUT2D eigenvalue weighted by atomic mass is 9.80. The summed E-state index contributed by atoms with van der Waals surface area (Å²) in [7, 11) is 0. The molecule has 5 fully saturated rings. The van der Waals surface area contributed by atoms with Crippen LogP contribution in [0.1, 0.15) is 38.5 Å². The van der Waals surface area contributed by atoms with Crippen LogP contribution in [0.25, 0.3) is 0 Å². The third-order valence-electron chi connectivity index (χ3n) is 7.96. The lowest BCUT2D eigenvalue weighted by molar-refractivity contribution is -0.171. The first kappa shape index (κ1) is 30.8. The molecule has 8 atom stereocenters. The zero-order valence-corrected chi connectivity index (χ0v) is 20.6. The zero-order valence-electron chi connectivity index (χ0n) is 18.9. The molecule has 0 aromatic heterocycles. The van der Waals surface area contributed by atoms with Crippen molar-refractivity contribution in [3.63, 3.8) is 0 Å². The third kappa shape index (κ3) is 3.45. The van der Waals surface area contributed by atoms with E-state index in [1.54, 1.807) is 12.5 Å². The Labute approximate surface area is 205 Å². The Morgan fingerprint density at radius 1 is 0.706 bits per heavy atom. The minimum atomic E-state index is -1.29. The van der Waals surface area contributed by atoms with E-state index in [9.17, 15) is 29.4 Å². The summed E-state index contributed by atoms with van der Waals surface area (Å²) in [5.74, 6) is -1.81. The van der Waals surface area contributed by atoms with Gasteiger partial charge in [-0.3, -0.25) is 19.2 Å². The molecule has 0 aromatic carbocycles. The number of rotatable bonds is 2. The number of aliphatic hydroxyl groups excluding tert-OH is 2. The van der Waals surface area contributed by atoms with Gasteiger partial charge in [0, 0.05) is 37.5 Å². The fraction of sp³-hybridized carbons (Fsp3) is 0.800. The molecular formula is C20H34N2O10S2. The molecule has 0 bridgehead atoms. The van der Waals surface area contributed by atoms with Crippen LogP contribution in [-0.4, -0.2) is 112 Å². The van der Waals surface area contributed by atoms with Crippen molar-refractivity contribution in [3.05, 3.63) is 0 Å². The van der Waals surface area contributed by atoms with Gasteiger partial charge in [-0.1, -0.05) is 0 Å². The number of thioether (sulfide) groups is 2. The van der Waals surface area contributed by atoms with Crippen LogP contribution in [0.15, 0.2) is 0 Å². The molecule has 3 aliphatic heterocycles. The highest BCUT2D eigenvalue weighted by atomic mass is 32.2. The summed E-state index contributed by atoms with van der Waals surface area (Å²) in [6.45, 7) is 0. The Morgan fingerprint density at radius 2 is 1.03 bits per heavy atom. The van der Waals surface area contributed by atoms with E-state index in [2.05, 4.69) is 0 Å². The fourth-order valence-electron chi connectivity index (χ4n) is 6.55. The van der Waals surface area contributed by atoms with Crippen molar-refractivity contribution in [3.8, 4) is 0 Å². The third-order valence-corrected chi connectivity index (χ3v) is 10.4. The molecule has 34 heavy (non-hydrogen) atoms. The quantitative estimate of drug-likeness (QED) is 0.368. The molecule has 12 nitrogen and oxygen atoms in total. The molecule has 5 aliphatic rings. The molecule has 10 N–H and O–H groups in total. The van der Waals surface area contributed by atoms with Gasteiger partial charge in [0.1, 0.15) is 11.6 Å². The maximum atomic E-state index is 14.1. The van der Waals surface area contributed by atoms with E-state index in [4.69, 9.17) is 0 Å². The molecule has 3 saturated heterocycles. The number of carbonyl (C=O) groups excluding carboxylic acids is 4. The van der Waals surface area contributed by atoms with E-state index < -0.39 is 45.9 Å². The standard InChI is InChI=1S/C20H26N2O6S2.4H2O/c1-29-19-7-9-11(23)3-5-13(25)15(9)21(19)18(28)20(30-2)8-10-12(24)4-6-14(26)16(10)22(20)17(19)27;;;;/h9-10,13-16,25-26H,3-8H2,1-2H3;4*1H2/t9-,10-,13-,14-,15-,16-,19+,20+;;;;/m0..../s1. The van der Waals surface area contributed by atoms with Gasteiger partial charge in [-0.2, -0.15) is 0 Å². The van der Waals surface area contributed by atoms with Crippen LogP contribution in [0.4, 0.5) is 0 Å². The normalized spacial score (nSPS) is 42.2. The summed E-state index contributed by atoms with van der Waals surface area (Å²) in [4.78, 5) is 54.0. The average Bonchev–Trinajstić information content (AvgIpc) is 3.29. The molecule has 0 spiro atoms. The van der Waals surface area contributed by atoms with E-state index in [1.807, 2.05) is 0 Å². The van der Waals surface area contributed by atoms with Gasteiger partial charge in [-0.25, -0.2) is 0 Å². The van der Waals surface area contributed by atoms with Crippen molar-refractivity contribution >= 4 is 46.9 Å². The van der Waals surface area contributed by atoms with Gasteiger partial charge in [0.15, 0.2) is 9.74 Å². The number of hydrogen-bond acceptors (Lipinski definition) is 8. The van der Waals surface area contributed by atoms with E-state index in [-0.39, 0.29) is 83.8 Å². The number of hydrogen-bond donors (Lipinski definition) is 2. The second-order valence-corrected chi connectivity index (χ2v) is 11.2. The Balaban J connectivity index is 0.00000144. The van der Waals surface area contributed by atoms with Gasteiger partial charge in [0.05, 0.1) is 24.3 Å². The Morgan fingerprint density at radius 3 is 1.32 bits per heavy atom. The Hall–Kier alpha value is -1.26. The number of piperazine rings is 1. The van der Waals surface area contributed by atoms with Crippen LogP contribution < -0.4 is 0 Å². The molecule has 14 heteroatoms. The average molecular weight is 527 g/mol. The van der Waals surface area contributed by atoms with Gasteiger partial charge >= 0.3 is 0 Å². The van der Waals surface area contributed by atoms with Gasteiger partial charge in [0.25, 0.3) is 11.8 Å². The summed E-state index contributed by atoms with van der Waals surface area (Å²) >= 11 is 2.44. The summed E-state index contributed by atoms with van der Waals surface area (Å²) in [5.41, 5.74) is 0. The molecule has 0 radical (unpaired) electrons. The number of ketones is 2. The molecule has 3 heterocycles. The van der Waals surface area contributed by atoms with Crippen LogP contribution in [0.5, 0.6) is 0 Å². The van der Waals surface area contributed by atoms with Crippen molar-refractivity contribution in [2.45, 2.75) is 72.6 Å². The van der Waals surface area contributed by atoms with Crippen LogP contribution >= 0.6 is 23.5 Å². The fourth-order valence-corrected chi connectivity index (χ4v) is 8.59. The minimum Gasteiger partial charge on any atom is -0.412 e. The van der Waals surface area contributed by atoms with Gasteiger partial charge in [-0.15, -0.1) is 23.5 Å². The topological polar surface area (TPSA) is 241 Å². The summed E-state index contributed by atoms with van der Waals surface area (Å²) in [6, 6.07) is -1.44.